The standard InChI is InChI=1S/C24H26N4S/c1-5-27(19-13-9-7-10-14-19)23-24(28(6-2)20-15-11-8-12-16-20)26-22-18(4)29-17(3)21(22)25-23/h7-16H,5-6H2,1-4H3. The molecule has 0 unspecified atom stereocenters. The van der Waals surface area contributed by atoms with E-state index in [1.54, 1.807) is 11.3 Å². The van der Waals surface area contributed by atoms with Crippen LogP contribution in [-0.4, -0.2) is 23.1 Å². The van der Waals surface area contributed by atoms with Crippen LogP contribution in [0.2, 0.25) is 0 Å². The summed E-state index contributed by atoms with van der Waals surface area (Å²) < 4.78 is 0. The Labute approximate surface area is 176 Å². The molecule has 0 fully saturated rings. The molecule has 0 aliphatic carbocycles. The monoisotopic (exact) mass is 402 g/mol. The topological polar surface area (TPSA) is 32.3 Å². The molecule has 2 aromatic heterocycles. The Bertz CT molecular complexity index is 1020. The summed E-state index contributed by atoms with van der Waals surface area (Å²) in [4.78, 5) is 17.3. The molecule has 0 saturated carbocycles. The van der Waals surface area contributed by atoms with Crippen molar-refractivity contribution < 1.29 is 0 Å². The zero-order valence-corrected chi connectivity index (χ0v) is 18.2. The Balaban J connectivity index is 1.98. The van der Waals surface area contributed by atoms with Crippen molar-refractivity contribution in [3.05, 3.63) is 70.4 Å². The smallest absolute Gasteiger partial charge is 0.177 e. The molecule has 2 heterocycles. The van der Waals surface area contributed by atoms with Gasteiger partial charge in [-0.3, -0.25) is 0 Å². The van der Waals surface area contributed by atoms with Gasteiger partial charge in [-0.1, -0.05) is 36.4 Å². The third-order valence-electron chi connectivity index (χ3n) is 5.11. The fraction of sp³-hybridized carbons (Fsp3) is 0.250. The van der Waals surface area contributed by atoms with Crippen LogP contribution in [0.3, 0.4) is 0 Å². The van der Waals surface area contributed by atoms with Crippen LogP contribution in [0.15, 0.2) is 60.7 Å². The second-order valence-corrected chi connectivity index (χ2v) is 8.37. The van der Waals surface area contributed by atoms with Crippen molar-refractivity contribution in [2.24, 2.45) is 0 Å². The Morgan fingerprint density at radius 1 is 0.655 bits per heavy atom. The van der Waals surface area contributed by atoms with E-state index in [0.29, 0.717) is 0 Å². The summed E-state index contributed by atoms with van der Waals surface area (Å²) in [5.74, 6) is 1.80. The van der Waals surface area contributed by atoms with Crippen molar-refractivity contribution >= 4 is 45.4 Å². The van der Waals surface area contributed by atoms with Crippen molar-refractivity contribution in [1.82, 2.24) is 9.97 Å². The summed E-state index contributed by atoms with van der Waals surface area (Å²) in [6.07, 6.45) is 0. The number of anilines is 4. The van der Waals surface area contributed by atoms with Crippen LogP contribution in [0.1, 0.15) is 23.6 Å². The average molecular weight is 403 g/mol. The molecule has 29 heavy (non-hydrogen) atoms. The fourth-order valence-electron chi connectivity index (χ4n) is 3.72. The van der Waals surface area contributed by atoms with Crippen molar-refractivity contribution in [2.45, 2.75) is 27.7 Å². The number of rotatable bonds is 6. The van der Waals surface area contributed by atoms with E-state index in [-0.39, 0.29) is 0 Å². The van der Waals surface area contributed by atoms with Crippen LogP contribution in [0.25, 0.3) is 11.0 Å². The molecule has 4 nitrogen and oxygen atoms in total. The van der Waals surface area contributed by atoms with Gasteiger partial charge in [0.05, 0.1) is 0 Å². The van der Waals surface area contributed by atoms with Crippen LogP contribution < -0.4 is 9.80 Å². The van der Waals surface area contributed by atoms with Gasteiger partial charge >= 0.3 is 0 Å². The summed E-state index contributed by atoms with van der Waals surface area (Å²) in [5.41, 5.74) is 4.26. The highest BCUT2D eigenvalue weighted by atomic mass is 32.1. The predicted octanol–water partition coefficient (Wildman–Crippen LogP) is 6.62. The second-order valence-electron chi connectivity index (χ2n) is 6.94. The maximum Gasteiger partial charge on any atom is 0.177 e. The molecule has 5 heteroatoms. The highest BCUT2D eigenvalue weighted by molar-refractivity contribution is 7.13. The molecule has 0 bridgehead atoms. The molecule has 0 amide bonds. The maximum atomic E-state index is 5.17. The van der Waals surface area contributed by atoms with E-state index in [4.69, 9.17) is 9.97 Å². The number of benzene rings is 2. The minimum absolute atomic E-state index is 0.811. The first kappa shape index (κ1) is 19.4. The van der Waals surface area contributed by atoms with Gasteiger partial charge in [0.25, 0.3) is 0 Å². The minimum atomic E-state index is 0.811. The quantitative estimate of drug-likeness (QED) is 0.362. The first-order valence-electron chi connectivity index (χ1n) is 10.1. The molecular weight excluding hydrogens is 376 g/mol. The SMILES string of the molecule is CCN(c1ccccc1)c1nc2c(C)sc(C)c2nc1N(CC)c1ccccc1. The van der Waals surface area contributed by atoms with Crippen molar-refractivity contribution in [2.75, 3.05) is 22.9 Å². The number of nitrogens with zero attached hydrogens (tertiary/aromatic N) is 4. The Kier molecular flexibility index (Phi) is 5.49. The van der Waals surface area contributed by atoms with E-state index in [1.807, 2.05) is 12.1 Å². The first-order valence-corrected chi connectivity index (χ1v) is 10.9. The largest absolute Gasteiger partial charge is 0.324 e. The van der Waals surface area contributed by atoms with Crippen LogP contribution >= 0.6 is 11.3 Å². The van der Waals surface area contributed by atoms with E-state index < -0.39 is 0 Å². The Hall–Kier alpha value is -2.92. The summed E-state index contributed by atoms with van der Waals surface area (Å²) in [5, 5.41) is 0. The van der Waals surface area contributed by atoms with Crippen molar-refractivity contribution in [1.29, 1.82) is 0 Å². The molecule has 4 aromatic rings. The molecule has 0 N–H and O–H groups in total. The Morgan fingerprint density at radius 2 is 1.03 bits per heavy atom. The lowest BCUT2D eigenvalue weighted by Crippen LogP contribution is -2.25. The third kappa shape index (κ3) is 3.58. The molecule has 2 aromatic carbocycles. The summed E-state index contributed by atoms with van der Waals surface area (Å²) in [7, 11) is 0. The van der Waals surface area contributed by atoms with Crippen molar-refractivity contribution in [3.8, 4) is 0 Å². The zero-order chi connectivity index (χ0) is 20.4. The van der Waals surface area contributed by atoms with Gasteiger partial charge in [-0.15, -0.1) is 11.3 Å². The summed E-state index contributed by atoms with van der Waals surface area (Å²) in [6, 6.07) is 20.9. The first-order chi connectivity index (χ1) is 14.1. The molecule has 0 spiro atoms. The molecule has 0 aliphatic rings. The van der Waals surface area contributed by atoms with Gasteiger partial charge in [0.2, 0.25) is 0 Å². The number of aryl methyl sites for hydroxylation is 2. The maximum absolute atomic E-state index is 5.17. The zero-order valence-electron chi connectivity index (χ0n) is 17.4. The van der Waals surface area contributed by atoms with Gasteiger partial charge in [-0.2, -0.15) is 0 Å². The molecule has 0 radical (unpaired) electrons. The highest BCUT2D eigenvalue weighted by Crippen LogP contribution is 2.39. The fourth-order valence-corrected chi connectivity index (χ4v) is 4.66. The van der Waals surface area contributed by atoms with Crippen molar-refractivity contribution in [3.63, 3.8) is 0 Å². The molecule has 0 saturated heterocycles. The predicted molar refractivity (Wildman–Crippen MR) is 125 cm³/mol. The normalized spacial score (nSPS) is 11.0. The number of thiophene rings is 1. The van der Waals surface area contributed by atoms with E-state index in [1.165, 1.54) is 9.75 Å². The number of fused-ring (bicyclic) bond motifs is 1. The third-order valence-corrected chi connectivity index (χ3v) is 6.11. The van der Waals surface area contributed by atoms with Crippen LogP contribution in [0, 0.1) is 13.8 Å². The summed E-state index contributed by atoms with van der Waals surface area (Å²) in [6.45, 7) is 10.2. The molecule has 0 atom stereocenters. The molecule has 0 aliphatic heterocycles. The van der Waals surface area contributed by atoms with E-state index in [0.717, 1.165) is 47.1 Å². The second kappa shape index (κ2) is 8.21. The van der Waals surface area contributed by atoms with Crippen LogP contribution in [0.5, 0.6) is 0 Å². The van der Waals surface area contributed by atoms with Gasteiger partial charge in [0.1, 0.15) is 11.0 Å². The lowest BCUT2D eigenvalue weighted by Gasteiger charge is -2.29. The van der Waals surface area contributed by atoms with E-state index in [2.05, 4.69) is 86.0 Å². The van der Waals surface area contributed by atoms with E-state index in [9.17, 15) is 0 Å². The minimum Gasteiger partial charge on any atom is -0.324 e. The number of para-hydroxylation sites is 2. The summed E-state index contributed by atoms with van der Waals surface area (Å²) >= 11 is 1.77. The van der Waals surface area contributed by atoms with Gasteiger partial charge in [0.15, 0.2) is 11.6 Å². The van der Waals surface area contributed by atoms with Gasteiger partial charge in [-0.25, -0.2) is 9.97 Å². The highest BCUT2D eigenvalue weighted by Gasteiger charge is 2.23. The number of aromatic nitrogens is 2. The lowest BCUT2D eigenvalue weighted by atomic mass is 10.2. The average Bonchev–Trinajstić information content (AvgIpc) is 3.03. The van der Waals surface area contributed by atoms with Gasteiger partial charge < -0.3 is 9.80 Å². The van der Waals surface area contributed by atoms with Gasteiger partial charge in [0, 0.05) is 34.2 Å². The van der Waals surface area contributed by atoms with E-state index >= 15 is 0 Å². The molecule has 4 rings (SSSR count). The lowest BCUT2D eigenvalue weighted by molar-refractivity contribution is 0.943. The van der Waals surface area contributed by atoms with Crippen LogP contribution in [0.4, 0.5) is 23.0 Å². The molecular formula is C24H26N4S. The number of hydrogen-bond acceptors (Lipinski definition) is 5. The van der Waals surface area contributed by atoms with Gasteiger partial charge in [-0.05, 0) is 52.0 Å². The van der Waals surface area contributed by atoms with Crippen LogP contribution in [-0.2, 0) is 0 Å². The molecule has 148 valence electrons. The Morgan fingerprint density at radius 3 is 1.38 bits per heavy atom. The number of hydrogen-bond donors (Lipinski definition) is 0.